The lowest BCUT2D eigenvalue weighted by Crippen LogP contribution is -2.30. The highest BCUT2D eigenvalue weighted by Gasteiger charge is 2.17. The molecule has 0 rings (SSSR count). The summed E-state index contributed by atoms with van der Waals surface area (Å²) in [7, 11) is -1.43. The Morgan fingerprint density at radius 2 is 1.79 bits per heavy atom. The smallest absolute Gasteiger partial charge is 0.213 e. The lowest BCUT2D eigenvalue weighted by Gasteiger charge is -2.18. The van der Waals surface area contributed by atoms with Crippen LogP contribution in [-0.4, -0.2) is 43.8 Å². The molecular weight excluding hydrogens is 262 g/mol. The van der Waals surface area contributed by atoms with E-state index in [4.69, 9.17) is 5.11 Å². The van der Waals surface area contributed by atoms with Gasteiger partial charge in [0.2, 0.25) is 10.0 Å². The van der Waals surface area contributed by atoms with Crippen LogP contribution in [0.15, 0.2) is 0 Å². The van der Waals surface area contributed by atoms with Crippen molar-refractivity contribution in [1.82, 2.24) is 4.31 Å². The topological polar surface area (TPSA) is 57.6 Å². The van der Waals surface area contributed by atoms with Crippen molar-refractivity contribution in [3.05, 3.63) is 0 Å². The summed E-state index contributed by atoms with van der Waals surface area (Å²) in [6.45, 7) is 7.06. The molecule has 0 aromatic carbocycles. The molecule has 1 N–H and O–H groups in total. The molecule has 4 nitrogen and oxygen atoms in total. The zero-order chi connectivity index (χ0) is 14.9. The van der Waals surface area contributed by atoms with Crippen LogP contribution in [0.4, 0.5) is 0 Å². The molecule has 1 unspecified atom stereocenters. The molecule has 0 aliphatic rings. The molecule has 0 amide bonds. The van der Waals surface area contributed by atoms with E-state index in [1.807, 2.05) is 0 Å². The number of hydrogen-bond acceptors (Lipinski definition) is 3. The van der Waals surface area contributed by atoms with Gasteiger partial charge in [-0.2, -0.15) is 0 Å². The SMILES string of the molecule is CCC(CO)CCCCS(=O)(=O)N(C)CCC(C)C. The number of aliphatic hydroxyl groups is 1. The van der Waals surface area contributed by atoms with Crippen LogP contribution in [0.25, 0.3) is 0 Å². The molecular formula is C14H31NO3S. The molecule has 19 heavy (non-hydrogen) atoms. The van der Waals surface area contributed by atoms with Crippen LogP contribution in [0, 0.1) is 11.8 Å². The van der Waals surface area contributed by atoms with E-state index in [-0.39, 0.29) is 12.4 Å². The highest BCUT2D eigenvalue weighted by Crippen LogP contribution is 2.13. The van der Waals surface area contributed by atoms with Crippen molar-refractivity contribution >= 4 is 10.0 Å². The van der Waals surface area contributed by atoms with Crippen molar-refractivity contribution in [1.29, 1.82) is 0 Å². The Hall–Kier alpha value is -0.130. The van der Waals surface area contributed by atoms with Crippen molar-refractivity contribution in [3.8, 4) is 0 Å². The Balaban J connectivity index is 3.96. The maximum atomic E-state index is 12.0. The van der Waals surface area contributed by atoms with Crippen molar-refractivity contribution < 1.29 is 13.5 Å². The second kappa shape index (κ2) is 9.72. The molecule has 116 valence electrons. The molecule has 0 aliphatic heterocycles. The first-order chi connectivity index (χ1) is 8.83. The molecule has 5 heteroatoms. The fourth-order valence-electron chi connectivity index (χ4n) is 1.88. The minimum Gasteiger partial charge on any atom is -0.396 e. The number of aliphatic hydroxyl groups excluding tert-OH is 1. The molecule has 0 aliphatic carbocycles. The van der Waals surface area contributed by atoms with Crippen LogP contribution in [0.1, 0.15) is 52.9 Å². The Morgan fingerprint density at radius 1 is 1.16 bits per heavy atom. The number of rotatable bonds is 11. The second-order valence-electron chi connectivity index (χ2n) is 5.77. The molecule has 0 aromatic rings. The van der Waals surface area contributed by atoms with Gasteiger partial charge in [-0.25, -0.2) is 12.7 Å². The Kier molecular flexibility index (Phi) is 9.66. The van der Waals surface area contributed by atoms with Crippen LogP contribution < -0.4 is 0 Å². The highest BCUT2D eigenvalue weighted by atomic mass is 32.2. The van der Waals surface area contributed by atoms with E-state index >= 15 is 0 Å². The summed E-state index contributed by atoms with van der Waals surface area (Å²) in [5, 5.41) is 9.07. The van der Waals surface area contributed by atoms with Gasteiger partial charge in [0.15, 0.2) is 0 Å². The van der Waals surface area contributed by atoms with E-state index in [0.29, 0.717) is 24.8 Å². The van der Waals surface area contributed by atoms with Gasteiger partial charge < -0.3 is 5.11 Å². The molecule has 0 radical (unpaired) electrons. The van der Waals surface area contributed by atoms with E-state index in [0.717, 1.165) is 25.7 Å². The number of sulfonamides is 1. The monoisotopic (exact) mass is 293 g/mol. The molecule has 0 saturated carbocycles. The zero-order valence-corrected chi connectivity index (χ0v) is 13.7. The van der Waals surface area contributed by atoms with Gasteiger partial charge in [0.25, 0.3) is 0 Å². The van der Waals surface area contributed by atoms with Crippen LogP contribution in [0.3, 0.4) is 0 Å². The van der Waals surface area contributed by atoms with Crippen molar-refractivity contribution in [3.63, 3.8) is 0 Å². The molecule has 0 heterocycles. The van der Waals surface area contributed by atoms with E-state index in [2.05, 4.69) is 20.8 Å². The van der Waals surface area contributed by atoms with Gasteiger partial charge in [-0.15, -0.1) is 0 Å². The maximum Gasteiger partial charge on any atom is 0.213 e. The fourth-order valence-corrected chi connectivity index (χ4v) is 3.14. The highest BCUT2D eigenvalue weighted by molar-refractivity contribution is 7.89. The summed E-state index contributed by atoms with van der Waals surface area (Å²) in [6, 6.07) is 0. The van der Waals surface area contributed by atoms with E-state index in [9.17, 15) is 8.42 Å². The van der Waals surface area contributed by atoms with Crippen molar-refractivity contribution in [2.75, 3.05) is 26.0 Å². The molecule has 0 fully saturated rings. The second-order valence-corrected chi connectivity index (χ2v) is 7.97. The summed E-state index contributed by atoms with van der Waals surface area (Å²) < 4.78 is 25.5. The van der Waals surface area contributed by atoms with Crippen LogP contribution >= 0.6 is 0 Å². The lowest BCUT2D eigenvalue weighted by molar-refractivity contribution is 0.212. The molecule has 0 spiro atoms. The first kappa shape index (κ1) is 18.9. The summed E-state index contributed by atoms with van der Waals surface area (Å²) in [4.78, 5) is 0. The minimum absolute atomic E-state index is 0.206. The third-order valence-electron chi connectivity index (χ3n) is 3.60. The summed E-state index contributed by atoms with van der Waals surface area (Å²) in [5.74, 6) is 1.07. The van der Waals surface area contributed by atoms with Gasteiger partial charge in [0.1, 0.15) is 0 Å². The summed E-state index contributed by atoms with van der Waals surface area (Å²) in [6.07, 6.45) is 4.33. The van der Waals surface area contributed by atoms with E-state index in [1.165, 1.54) is 4.31 Å². The van der Waals surface area contributed by atoms with Crippen LogP contribution in [0.2, 0.25) is 0 Å². The quantitative estimate of drug-likeness (QED) is 0.595. The van der Waals surface area contributed by atoms with E-state index < -0.39 is 10.0 Å². The fraction of sp³-hybridized carbons (Fsp3) is 1.00. The van der Waals surface area contributed by atoms with Gasteiger partial charge in [-0.1, -0.05) is 33.6 Å². The molecule has 1 atom stereocenters. The lowest BCUT2D eigenvalue weighted by atomic mass is 10.0. The van der Waals surface area contributed by atoms with Crippen LogP contribution in [0.5, 0.6) is 0 Å². The maximum absolute atomic E-state index is 12.0. The number of unbranched alkanes of at least 4 members (excludes halogenated alkanes) is 1. The average molecular weight is 293 g/mol. The first-order valence-electron chi connectivity index (χ1n) is 7.38. The molecule has 0 saturated heterocycles. The minimum atomic E-state index is -3.10. The first-order valence-corrected chi connectivity index (χ1v) is 8.99. The Bertz CT molecular complexity index is 311. The van der Waals surface area contributed by atoms with Gasteiger partial charge in [0, 0.05) is 20.2 Å². The van der Waals surface area contributed by atoms with Gasteiger partial charge >= 0.3 is 0 Å². The number of nitrogens with zero attached hydrogens (tertiary/aromatic N) is 1. The standard InChI is InChI=1S/C14H31NO3S/c1-5-14(12-16)8-6-7-11-19(17,18)15(4)10-9-13(2)3/h13-14,16H,5-12H2,1-4H3. The largest absolute Gasteiger partial charge is 0.396 e. The predicted molar refractivity (Wildman–Crippen MR) is 80.6 cm³/mol. The molecule has 0 aromatic heterocycles. The third kappa shape index (κ3) is 8.60. The van der Waals surface area contributed by atoms with Gasteiger partial charge in [-0.05, 0) is 31.1 Å². The summed E-state index contributed by atoms with van der Waals surface area (Å²) >= 11 is 0. The van der Waals surface area contributed by atoms with Gasteiger partial charge in [0.05, 0.1) is 5.75 Å². The Morgan fingerprint density at radius 3 is 2.26 bits per heavy atom. The average Bonchev–Trinajstić information content (AvgIpc) is 2.36. The Labute approximate surface area is 119 Å². The van der Waals surface area contributed by atoms with E-state index in [1.54, 1.807) is 7.05 Å². The summed E-state index contributed by atoms with van der Waals surface area (Å²) in [5.41, 5.74) is 0. The van der Waals surface area contributed by atoms with Gasteiger partial charge in [-0.3, -0.25) is 0 Å². The zero-order valence-electron chi connectivity index (χ0n) is 12.9. The van der Waals surface area contributed by atoms with Crippen LogP contribution in [-0.2, 0) is 10.0 Å². The van der Waals surface area contributed by atoms with Crippen molar-refractivity contribution in [2.45, 2.75) is 52.9 Å². The molecule has 0 bridgehead atoms. The predicted octanol–water partition coefficient (Wildman–Crippen LogP) is 2.48. The van der Waals surface area contributed by atoms with Crippen molar-refractivity contribution in [2.24, 2.45) is 11.8 Å². The number of hydrogen-bond donors (Lipinski definition) is 1. The third-order valence-corrected chi connectivity index (χ3v) is 5.53. The normalized spacial score (nSPS) is 14.3.